The number of carbonyl (C=O) groups is 1. The van der Waals surface area contributed by atoms with E-state index in [1.807, 2.05) is 6.92 Å². The van der Waals surface area contributed by atoms with Crippen LogP contribution in [0.2, 0.25) is 0 Å². The molecule has 1 fully saturated rings. The summed E-state index contributed by atoms with van der Waals surface area (Å²) in [5.41, 5.74) is 0.906. The normalized spacial score (nSPS) is 18.4. The molecule has 0 atom stereocenters. The van der Waals surface area contributed by atoms with Crippen LogP contribution in [0.5, 0.6) is 0 Å². The van der Waals surface area contributed by atoms with E-state index >= 15 is 0 Å². The topological polar surface area (TPSA) is 66.6 Å². The van der Waals surface area contributed by atoms with Gasteiger partial charge in [0, 0.05) is 5.56 Å². The molecule has 5 nitrogen and oxygen atoms in total. The molecular formula is C11H16N2O3. The van der Waals surface area contributed by atoms with Crippen molar-refractivity contribution in [3.63, 3.8) is 0 Å². The van der Waals surface area contributed by atoms with Crippen molar-refractivity contribution < 1.29 is 14.4 Å². The smallest absolute Gasteiger partial charge is 0.227 e. The molecule has 1 aromatic rings. The molecule has 1 saturated heterocycles. The molecule has 1 aromatic heterocycles. The van der Waals surface area contributed by atoms with Crippen molar-refractivity contribution in [3.8, 4) is 0 Å². The summed E-state index contributed by atoms with van der Waals surface area (Å²) < 4.78 is 5.00. The molecule has 1 aliphatic rings. The molecule has 88 valence electrons. The molecule has 0 unspecified atom stereocenters. The Morgan fingerprint density at radius 2 is 2.19 bits per heavy atom. The number of aromatic nitrogens is 1. The van der Waals surface area contributed by atoms with E-state index in [0.29, 0.717) is 25.3 Å². The van der Waals surface area contributed by atoms with Gasteiger partial charge in [0.05, 0.1) is 30.8 Å². The van der Waals surface area contributed by atoms with E-state index in [4.69, 9.17) is 4.52 Å². The fourth-order valence-electron chi connectivity index (χ4n) is 1.97. The summed E-state index contributed by atoms with van der Waals surface area (Å²) in [5.74, 6) is 0.707. The maximum atomic E-state index is 11.8. The molecule has 2 rings (SSSR count). The fourth-order valence-corrected chi connectivity index (χ4v) is 1.97. The maximum Gasteiger partial charge on any atom is 0.227 e. The number of nitrogens with zero attached hydrogens (tertiary/aromatic N) is 2. The van der Waals surface area contributed by atoms with Gasteiger partial charge < -0.3 is 14.5 Å². The first-order valence-corrected chi connectivity index (χ1v) is 5.31. The van der Waals surface area contributed by atoms with Gasteiger partial charge in [0.25, 0.3) is 0 Å². The number of rotatable bonds is 2. The van der Waals surface area contributed by atoms with Crippen molar-refractivity contribution in [3.05, 3.63) is 17.0 Å². The molecule has 0 bridgehead atoms. The van der Waals surface area contributed by atoms with Gasteiger partial charge in [-0.1, -0.05) is 5.16 Å². The highest BCUT2D eigenvalue weighted by atomic mass is 16.5. The predicted octanol–water partition coefficient (Wildman–Crippen LogP) is 0.427. The highest BCUT2D eigenvalue weighted by Crippen LogP contribution is 2.22. The van der Waals surface area contributed by atoms with Gasteiger partial charge in [-0.05, 0) is 20.8 Å². The lowest BCUT2D eigenvalue weighted by molar-refractivity contribution is -0.151. The number of likely N-dealkylation sites (tertiary alicyclic amines) is 1. The lowest BCUT2D eigenvalue weighted by Gasteiger charge is -2.44. The Labute approximate surface area is 94.0 Å². The van der Waals surface area contributed by atoms with Crippen molar-refractivity contribution in [1.29, 1.82) is 0 Å². The van der Waals surface area contributed by atoms with E-state index in [0.717, 1.165) is 11.3 Å². The third-order valence-electron chi connectivity index (χ3n) is 2.92. The van der Waals surface area contributed by atoms with Gasteiger partial charge in [0.2, 0.25) is 5.91 Å². The van der Waals surface area contributed by atoms with Crippen LogP contribution in [0.15, 0.2) is 4.52 Å². The van der Waals surface area contributed by atoms with Crippen molar-refractivity contribution >= 4 is 5.91 Å². The van der Waals surface area contributed by atoms with Crippen molar-refractivity contribution in [2.45, 2.75) is 32.8 Å². The average Bonchev–Trinajstić information content (AvgIpc) is 2.45. The Hall–Kier alpha value is -1.36. The largest absolute Gasteiger partial charge is 0.386 e. The molecule has 1 N–H and O–H groups in total. The van der Waals surface area contributed by atoms with E-state index in [9.17, 15) is 9.90 Å². The van der Waals surface area contributed by atoms with Gasteiger partial charge in [0.1, 0.15) is 5.76 Å². The van der Waals surface area contributed by atoms with Crippen LogP contribution in [0.3, 0.4) is 0 Å². The van der Waals surface area contributed by atoms with Crippen LogP contribution in [0.1, 0.15) is 23.9 Å². The van der Waals surface area contributed by atoms with Gasteiger partial charge in [-0.15, -0.1) is 0 Å². The molecular weight excluding hydrogens is 208 g/mol. The molecule has 0 saturated carbocycles. The molecule has 1 aliphatic heterocycles. The number of hydrogen-bond donors (Lipinski definition) is 1. The molecule has 0 aromatic carbocycles. The third-order valence-corrected chi connectivity index (χ3v) is 2.92. The first-order valence-electron chi connectivity index (χ1n) is 5.31. The highest BCUT2D eigenvalue weighted by molar-refractivity contribution is 5.80. The monoisotopic (exact) mass is 224 g/mol. The number of aryl methyl sites for hydroxylation is 2. The minimum absolute atomic E-state index is 0.0147. The number of carbonyl (C=O) groups excluding carboxylic acids is 1. The summed E-state index contributed by atoms with van der Waals surface area (Å²) in [4.78, 5) is 13.5. The summed E-state index contributed by atoms with van der Waals surface area (Å²) in [6.45, 7) is 6.18. The zero-order valence-corrected chi connectivity index (χ0v) is 9.78. The van der Waals surface area contributed by atoms with Gasteiger partial charge in [-0.25, -0.2) is 0 Å². The number of hydrogen-bond acceptors (Lipinski definition) is 4. The molecule has 0 radical (unpaired) electrons. The van der Waals surface area contributed by atoms with Gasteiger partial charge in [-0.3, -0.25) is 4.79 Å². The third kappa shape index (κ3) is 1.95. The van der Waals surface area contributed by atoms with E-state index in [1.54, 1.807) is 18.7 Å². The molecule has 16 heavy (non-hydrogen) atoms. The van der Waals surface area contributed by atoms with Crippen LogP contribution in [-0.4, -0.2) is 39.8 Å². The van der Waals surface area contributed by atoms with Crippen molar-refractivity contribution in [2.24, 2.45) is 0 Å². The maximum absolute atomic E-state index is 11.8. The standard InChI is InChI=1S/C11H16N2O3/c1-7-9(8(2)16-12-7)4-10(14)13-5-11(3,15)6-13/h15H,4-6H2,1-3H3. The lowest BCUT2D eigenvalue weighted by atomic mass is 9.96. The molecule has 2 heterocycles. The second kappa shape index (κ2) is 3.59. The van der Waals surface area contributed by atoms with E-state index in [1.165, 1.54) is 0 Å². The average molecular weight is 224 g/mol. The van der Waals surface area contributed by atoms with Crippen molar-refractivity contribution in [1.82, 2.24) is 10.1 Å². The summed E-state index contributed by atoms with van der Waals surface area (Å²) in [6, 6.07) is 0. The van der Waals surface area contributed by atoms with E-state index in [-0.39, 0.29) is 5.91 Å². The highest BCUT2D eigenvalue weighted by Gasteiger charge is 2.39. The van der Waals surface area contributed by atoms with E-state index in [2.05, 4.69) is 5.16 Å². The Morgan fingerprint density at radius 3 is 2.62 bits per heavy atom. The minimum Gasteiger partial charge on any atom is -0.386 e. The summed E-state index contributed by atoms with van der Waals surface area (Å²) in [7, 11) is 0. The van der Waals surface area contributed by atoms with Crippen LogP contribution in [0.25, 0.3) is 0 Å². The molecule has 5 heteroatoms. The Morgan fingerprint density at radius 1 is 1.56 bits per heavy atom. The first kappa shape index (κ1) is 11.1. The number of β-amino-alcohol motifs (C(OH)–C–C–N with tert-alkyl or cyclic N) is 1. The van der Waals surface area contributed by atoms with Crippen LogP contribution in [-0.2, 0) is 11.2 Å². The van der Waals surface area contributed by atoms with Crippen LogP contribution >= 0.6 is 0 Å². The SMILES string of the molecule is Cc1noc(C)c1CC(=O)N1CC(C)(O)C1. The number of amides is 1. The fraction of sp³-hybridized carbons (Fsp3) is 0.636. The predicted molar refractivity (Wildman–Crippen MR) is 56.9 cm³/mol. The second-order valence-electron chi connectivity index (χ2n) is 4.73. The zero-order chi connectivity index (χ0) is 11.9. The van der Waals surface area contributed by atoms with Crippen LogP contribution in [0.4, 0.5) is 0 Å². The molecule has 0 aliphatic carbocycles. The minimum atomic E-state index is -0.714. The van der Waals surface area contributed by atoms with Gasteiger partial charge in [-0.2, -0.15) is 0 Å². The Bertz CT molecular complexity index is 395. The Kier molecular flexibility index (Phi) is 2.50. The molecule has 0 spiro atoms. The molecule has 1 amide bonds. The first-order chi connectivity index (χ1) is 7.39. The second-order valence-corrected chi connectivity index (χ2v) is 4.73. The lowest BCUT2D eigenvalue weighted by Crippen LogP contribution is -2.62. The summed E-state index contributed by atoms with van der Waals surface area (Å²) in [6.07, 6.45) is 0.303. The Balaban J connectivity index is 1.99. The summed E-state index contributed by atoms with van der Waals surface area (Å²) >= 11 is 0. The van der Waals surface area contributed by atoms with Crippen molar-refractivity contribution in [2.75, 3.05) is 13.1 Å². The number of aliphatic hydroxyl groups is 1. The van der Waals surface area contributed by atoms with Gasteiger partial charge in [0.15, 0.2) is 0 Å². The zero-order valence-electron chi connectivity index (χ0n) is 9.78. The van der Waals surface area contributed by atoms with Gasteiger partial charge >= 0.3 is 0 Å². The van der Waals surface area contributed by atoms with Crippen LogP contribution < -0.4 is 0 Å². The summed E-state index contributed by atoms with van der Waals surface area (Å²) in [5, 5.41) is 13.3. The van der Waals surface area contributed by atoms with Crippen LogP contribution in [0, 0.1) is 13.8 Å². The quantitative estimate of drug-likeness (QED) is 0.791. The van der Waals surface area contributed by atoms with E-state index < -0.39 is 5.60 Å².